The summed E-state index contributed by atoms with van der Waals surface area (Å²) in [5.74, 6) is 1.60. The Morgan fingerprint density at radius 2 is 2.26 bits per heavy atom. The van der Waals surface area contributed by atoms with E-state index in [1.165, 1.54) is 24.1 Å². The van der Waals surface area contributed by atoms with Crippen LogP contribution in [0.2, 0.25) is 0 Å². The van der Waals surface area contributed by atoms with Gasteiger partial charge in [0.1, 0.15) is 0 Å². The second kappa shape index (κ2) is 5.53. The minimum Gasteiger partial charge on any atom is -0.313 e. The van der Waals surface area contributed by atoms with E-state index >= 15 is 0 Å². The van der Waals surface area contributed by atoms with Crippen LogP contribution in [0, 0.1) is 0 Å². The average molecular weight is 256 g/mol. The molecule has 1 aliphatic rings. The fourth-order valence-electron chi connectivity index (χ4n) is 2.17. The van der Waals surface area contributed by atoms with Crippen LogP contribution in [0.4, 0.5) is 0 Å². The molecule has 0 radical (unpaired) electrons. The molecule has 2 aromatic rings. The first-order valence-corrected chi connectivity index (χ1v) is 7.08. The van der Waals surface area contributed by atoms with Gasteiger partial charge in [-0.25, -0.2) is 9.67 Å². The highest BCUT2D eigenvalue weighted by Crippen LogP contribution is 2.38. The Labute approximate surface area is 113 Å². The normalized spacial score (nSPS) is 14.8. The van der Waals surface area contributed by atoms with E-state index in [0.717, 1.165) is 25.3 Å². The van der Waals surface area contributed by atoms with E-state index in [1.54, 1.807) is 0 Å². The van der Waals surface area contributed by atoms with Gasteiger partial charge in [-0.05, 0) is 49.6 Å². The van der Waals surface area contributed by atoms with Crippen molar-refractivity contribution in [2.75, 3.05) is 6.54 Å². The van der Waals surface area contributed by atoms with E-state index in [2.05, 4.69) is 40.5 Å². The minimum absolute atomic E-state index is 0.690. The molecule has 1 saturated carbocycles. The number of hydrogen-bond donors (Lipinski definition) is 1. The largest absolute Gasteiger partial charge is 0.313 e. The summed E-state index contributed by atoms with van der Waals surface area (Å²) in [4.78, 5) is 4.40. The Morgan fingerprint density at radius 3 is 3.05 bits per heavy atom. The van der Waals surface area contributed by atoms with Gasteiger partial charge in [-0.15, -0.1) is 0 Å². The van der Waals surface area contributed by atoms with Crippen LogP contribution in [0.3, 0.4) is 0 Å². The summed E-state index contributed by atoms with van der Waals surface area (Å²) in [5.41, 5.74) is 2.46. The zero-order valence-corrected chi connectivity index (χ0v) is 11.3. The van der Waals surface area contributed by atoms with Crippen molar-refractivity contribution in [3.05, 3.63) is 41.9 Å². The molecular weight excluding hydrogens is 236 g/mol. The van der Waals surface area contributed by atoms with E-state index in [9.17, 15) is 0 Å². The maximum Gasteiger partial charge on any atom is 0.153 e. The Morgan fingerprint density at radius 1 is 1.37 bits per heavy atom. The van der Waals surface area contributed by atoms with Crippen molar-refractivity contribution in [1.82, 2.24) is 20.1 Å². The third-order valence-electron chi connectivity index (χ3n) is 3.41. The van der Waals surface area contributed by atoms with E-state index in [1.807, 2.05) is 17.1 Å². The molecule has 100 valence electrons. The van der Waals surface area contributed by atoms with Crippen molar-refractivity contribution in [1.29, 1.82) is 0 Å². The van der Waals surface area contributed by atoms with Crippen LogP contribution in [0.5, 0.6) is 0 Å². The van der Waals surface area contributed by atoms with E-state index in [4.69, 9.17) is 0 Å². The van der Waals surface area contributed by atoms with Crippen molar-refractivity contribution in [2.45, 2.75) is 38.6 Å². The van der Waals surface area contributed by atoms with Crippen molar-refractivity contribution in [3.8, 4) is 5.82 Å². The number of nitrogens with one attached hydrogen (secondary N) is 1. The Kier molecular flexibility index (Phi) is 3.60. The highest BCUT2D eigenvalue weighted by atomic mass is 15.3. The second-order valence-corrected chi connectivity index (χ2v) is 5.16. The second-order valence-electron chi connectivity index (χ2n) is 5.16. The summed E-state index contributed by atoms with van der Waals surface area (Å²) in [5, 5.41) is 8.02. The van der Waals surface area contributed by atoms with Gasteiger partial charge in [0.15, 0.2) is 5.82 Å². The van der Waals surface area contributed by atoms with Gasteiger partial charge in [-0.1, -0.05) is 6.92 Å². The summed E-state index contributed by atoms with van der Waals surface area (Å²) < 4.78 is 1.89. The molecule has 0 aliphatic heterocycles. The summed E-state index contributed by atoms with van der Waals surface area (Å²) >= 11 is 0. The first kappa shape index (κ1) is 12.4. The molecule has 1 fully saturated rings. The number of hydrogen-bond acceptors (Lipinski definition) is 3. The van der Waals surface area contributed by atoms with Crippen LogP contribution in [0.25, 0.3) is 5.82 Å². The Bertz CT molecular complexity index is 543. The molecule has 0 unspecified atom stereocenters. The van der Waals surface area contributed by atoms with Gasteiger partial charge in [0.25, 0.3) is 0 Å². The van der Waals surface area contributed by atoms with Gasteiger partial charge in [-0.3, -0.25) is 0 Å². The smallest absolute Gasteiger partial charge is 0.153 e. The monoisotopic (exact) mass is 256 g/mol. The molecule has 0 bridgehead atoms. The first-order chi connectivity index (χ1) is 9.36. The van der Waals surface area contributed by atoms with Gasteiger partial charge in [-0.2, -0.15) is 5.10 Å². The molecule has 4 heteroatoms. The molecule has 0 atom stereocenters. The fraction of sp³-hybridized carbons (Fsp3) is 0.467. The summed E-state index contributed by atoms with van der Waals surface area (Å²) in [7, 11) is 0. The lowest BCUT2D eigenvalue weighted by Gasteiger charge is -2.05. The lowest BCUT2D eigenvalue weighted by molar-refractivity contribution is 0.673. The quantitative estimate of drug-likeness (QED) is 0.808. The van der Waals surface area contributed by atoms with Crippen molar-refractivity contribution < 1.29 is 0 Å². The maximum absolute atomic E-state index is 4.61. The molecule has 0 aromatic carbocycles. The number of nitrogens with zero attached hydrogens (tertiary/aromatic N) is 3. The molecule has 1 N–H and O–H groups in total. The van der Waals surface area contributed by atoms with Gasteiger partial charge >= 0.3 is 0 Å². The molecule has 2 heterocycles. The maximum atomic E-state index is 4.61. The van der Waals surface area contributed by atoms with E-state index < -0.39 is 0 Å². The highest BCUT2D eigenvalue weighted by molar-refractivity contribution is 5.28. The summed E-state index contributed by atoms with van der Waals surface area (Å²) in [6, 6.07) is 6.27. The Hall–Kier alpha value is -1.68. The third-order valence-corrected chi connectivity index (χ3v) is 3.41. The molecule has 1 aliphatic carbocycles. The van der Waals surface area contributed by atoms with Crippen molar-refractivity contribution in [2.24, 2.45) is 0 Å². The molecule has 3 rings (SSSR count). The zero-order chi connectivity index (χ0) is 13.1. The number of rotatable bonds is 6. The third kappa shape index (κ3) is 3.01. The fourth-order valence-corrected chi connectivity index (χ4v) is 2.17. The molecular formula is C15H20N4. The molecule has 0 saturated heterocycles. The molecule has 19 heavy (non-hydrogen) atoms. The van der Waals surface area contributed by atoms with E-state index in [0.29, 0.717) is 5.92 Å². The number of aromatic nitrogens is 3. The van der Waals surface area contributed by atoms with Gasteiger partial charge in [0, 0.05) is 24.9 Å². The van der Waals surface area contributed by atoms with Crippen LogP contribution in [0.15, 0.2) is 30.6 Å². The summed E-state index contributed by atoms with van der Waals surface area (Å²) in [6.07, 6.45) is 7.59. The van der Waals surface area contributed by atoms with Crippen LogP contribution in [-0.2, 0) is 6.54 Å². The van der Waals surface area contributed by atoms with Crippen molar-refractivity contribution >= 4 is 0 Å². The van der Waals surface area contributed by atoms with E-state index in [-0.39, 0.29) is 0 Å². The van der Waals surface area contributed by atoms with Gasteiger partial charge < -0.3 is 5.32 Å². The van der Waals surface area contributed by atoms with Crippen LogP contribution >= 0.6 is 0 Å². The summed E-state index contributed by atoms with van der Waals surface area (Å²) in [6.45, 7) is 4.11. The zero-order valence-electron chi connectivity index (χ0n) is 11.3. The van der Waals surface area contributed by atoms with Crippen LogP contribution < -0.4 is 5.32 Å². The Balaban J connectivity index is 1.73. The average Bonchev–Trinajstić information content (AvgIpc) is 3.17. The lowest BCUT2D eigenvalue weighted by atomic mass is 10.2. The predicted molar refractivity (Wildman–Crippen MR) is 75.3 cm³/mol. The SMILES string of the molecule is CCCNCc1ccnc(-n2ccc(C3CC3)n2)c1. The minimum atomic E-state index is 0.690. The predicted octanol–water partition coefficient (Wildman–Crippen LogP) is 2.64. The van der Waals surface area contributed by atoms with Crippen molar-refractivity contribution in [3.63, 3.8) is 0 Å². The molecule has 2 aromatic heterocycles. The molecule has 4 nitrogen and oxygen atoms in total. The number of pyridine rings is 1. The lowest BCUT2D eigenvalue weighted by Crippen LogP contribution is -2.14. The first-order valence-electron chi connectivity index (χ1n) is 7.08. The highest BCUT2D eigenvalue weighted by Gasteiger charge is 2.25. The topological polar surface area (TPSA) is 42.7 Å². The van der Waals surface area contributed by atoms with Gasteiger partial charge in [0.2, 0.25) is 0 Å². The standard InChI is InChI=1S/C15H20N4/c1-2-7-16-11-12-5-8-17-15(10-12)19-9-6-14(18-19)13-3-4-13/h5-6,8-10,13,16H,2-4,7,11H2,1H3. The molecule has 0 spiro atoms. The van der Waals surface area contributed by atoms with Crippen LogP contribution in [-0.4, -0.2) is 21.3 Å². The van der Waals surface area contributed by atoms with Gasteiger partial charge in [0.05, 0.1) is 5.69 Å². The van der Waals surface area contributed by atoms with Crippen LogP contribution in [0.1, 0.15) is 43.4 Å². The molecule has 0 amide bonds.